The Balaban J connectivity index is 1.90. The molecule has 6 heteroatoms. The number of rotatable bonds is 3. The molecule has 1 aromatic rings. The number of carbonyl (C=O) groups excluding carboxylic acids is 2. The largest absolute Gasteiger partial charge is 0.459 e. The van der Waals surface area contributed by atoms with Gasteiger partial charge in [-0.25, -0.2) is 9.59 Å². The van der Waals surface area contributed by atoms with Crippen molar-refractivity contribution in [2.45, 2.75) is 18.9 Å². The molecule has 2 heterocycles. The Morgan fingerprint density at radius 3 is 2.94 bits per heavy atom. The zero-order valence-electron chi connectivity index (χ0n) is 10.3. The SMILES string of the molecule is Cn1cccc1C(=O)OC[C@H]1CCCN1C(N)=O. The van der Waals surface area contributed by atoms with Crippen LogP contribution in [0, 0.1) is 0 Å². The number of esters is 1. The second-order valence-electron chi connectivity index (χ2n) is 4.43. The number of aryl methyl sites for hydroxylation is 1. The summed E-state index contributed by atoms with van der Waals surface area (Å²) in [5.41, 5.74) is 5.75. The van der Waals surface area contributed by atoms with E-state index in [9.17, 15) is 9.59 Å². The van der Waals surface area contributed by atoms with Gasteiger partial charge in [-0.3, -0.25) is 0 Å². The molecule has 1 fully saturated rings. The van der Waals surface area contributed by atoms with Crippen molar-refractivity contribution in [2.24, 2.45) is 12.8 Å². The lowest BCUT2D eigenvalue weighted by atomic mass is 10.2. The Bertz CT molecular complexity index is 455. The van der Waals surface area contributed by atoms with Gasteiger partial charge < -0.3 is 19.9 Å². The summed E-state index contributed by atoms with van der Waals surface area (Å²) in [7, 11) is 1.78. The first-order chi connectivity index (χ1) is 8.59. The van der Waals surface area contributed by atoms with Gasteiger partial charge in [0.25, 0.3) is 0 Å². The van der Waals surface area contributed by atoms with Crippen LogP contribution in [-0.4, -0.2) is 40.7 Å². The fourth-order valence-electron chi connectivity index (χ4n) is 2.22. The van der Waals surface area contributed by atoms with E-state index in [1.165, 1.54) is 0 Å². The predicted octanol–water partition coefficient (Wildman–Crippen LogP) is 0.725. The molecule has 18 heavy (non-hydrogen) atoms. The highest BCUT2D eigenvalue weighted by atomic mass is 16.5. The van der Waals surface area contributed by atoms with E-state index in [0.29, 0.717) is 12.2 Å². The van der Waals surface area contributed by atoms with Gasteiger partial charge in [-0.2, -0.15) is 0 Å². The van der Waals surface area contributed by atoms with Crippen LogP contribution in [0.25, 0.3) is 0 Å². The second-order valence-corrected chi connectivity index (χ2v) is 4.43. The molecule has 0 radical (unpaired) electrons. The number of carbonyl (C=O) groups is 2. The van der Waals surface area contributed by atoms with E-state index in [-0.39, 0.29) is 18.6 Å². The molecule has 0 unspecified atom stereocenters. The topological polar surface area (TPSA) is 77.6 Å². The summed E-state index contributed by atoms with van der Waals surface area (Å²) in [4.78, 5) is 24.5. The van der Waals surface area contributed by atoms with Crippen LogP contribution in [-0.2, 0) is 11.8 Å². The van der Waals surface area contributed by atoms with Crippen LogP contribution in [0.15, 0.2) is 18.3 Å². The summed E-state index contributed by atoms with van der Waals surface area (Å²) >= 11 is 0. The molecule has 6 nitrogen and oxygen atoms in total. The number of primary amides is 1. The fourth-order valence-corrected chi connectivity index (χ4v) is 2.22. The van der Waals surface area contributed by atoms with Crippen LogP contribution in [0.3, 0.4) is 0 Å². The van der Waals surface area contributed by atoms with Gasteiger partial charge in [0.2, 0.25) is 0 Å². The first kappa shape index (κ1) is 12.5. The van der Waals surface area contributed by atoms with E-state index < -0.39 is 6.03 Å². The van der Waals surface area contributed by atoms with Gasteiger partial charge in [0.1, 0.15) is 12.3 Å². The molecule has 1 aliphatic rings. The van der Waals surface area contributed by atoms with Gasteiger partial charge in [0.15, 0.2) is 0 Å². The van der Waals surface area contributed by atoms with E-state index in [1.54, 1.807) is 34.8 Å². The summed E-state index contributed by atoms with van der Waals surface area (Å²) in [5.74, 6) is -0.376. The Labute approximate surface area is 105 Å². The normalized spacial score (nSPS) is 18.9. The number of amides is 2. The number of nitrogens with two attached hydrogens (primary N) is 1. The number of hydrogen-bond acceptors (Lipinski definition) is 3. The van der Waals surface area contributed by atoms with Gasteiger partial charge in [-0.05, 0) is 25.0 Å². The minimum atomic E-state index is -0.451. The van der Waals surface area contributed by atoms with Crippen LogP contribution in [0.1, 0.15) is 23.3 Å². The maximum Gasteiger partial charge on any atom is 0.355 e. The monoisotopic (exact) mass is 251 g/mol. The smallest absolute Gasteiger partial charge is 0.355 e. The lowest BCUT2D eigenvalue weighted by Crippen LogP contribution is -2.42. The number of likely N-dealkylation sites (tertiary alicyclic amines) is 1. The summed E-state index contributed by atoms with van der Waals surface area (Å²) in [6.45, 7) is 0.842. The zero-order chi connectivity index (χ0) is 13.1. The third-order valence-electron chi connectivity index (χ3n) is 3.22. The minimum Gasteiger partial charge on any atom is -0.459 e. The molecule has 1 aliphatic heterocycles. The minimum absolute atomic E-state index is 0.0910. The van der Waals surface area contributed by atoms with E-state index >= 15 is 0 Å². The quantitative estimate of drug-likeness (QED) is 0.804. The second kappa shape index (κ2) is 5.12. The molecule has 1 aromatic heterocycles. The van der Waals surface area contributed by atoms with E-state index in [4.69, 9.17) is 10.5 Å². The van der Waals surface area contributed by atoms with E-state index in [1.807, 2.05) is 0 Å². The molecular formula is C12H17N3O3. The van der Waals surface area contributed by atoms with Crippen LogP contribution in [0.4, 0.5) is 4.79 Å². The molecule has 98 valence electrons. The van der Waals surface area contributed by atoms with Crippen LogP contribution in [0.2, 0.25) is 0 Å². The van der Waals surface area contributed by atoms with Gasteiger partial charge >= 0.3 is 12.0 Å². The molecular weight excluding hydrogens is 234 g/mol. The van der Waals surface area contributed by atoms with Crippen LogP contribution >= 0.6 is 0 Å². The molecule has 0 spiro atoms. The Morgan fingerprint density at radius 2 is 2.33 bits per heavy atom. The molecule has 2 N–H and O–H groups in total. The molecule has 0 saturated carbocycles. The summed E-state index contributed by atoms with van der Waals surface area (Å²) < 4.78 is 6.92. The Morgan fingerprint density at radius 1 is 1.56 bits per heavy atom. The summed E-state index contributed by atoms with van der Waals surface area (Å²) in [5, 5.41) is 0. The first-order valence-electron chi connectivity index (χ1n) is 5.94. The van der Waals surface area contributed by atoms with Crippen molar-refractivity contribution in [3.05, 3.63) is 24.0 Å². The maximum absolute atomic E-state index is 11.8. The summed E-state index contributed by atoms with van der Waals surface area (Å²) in [6, 6.07) is 2.93. The fraction of sp³-hybridized carbons (Fsp3) is 0.500. The maximum atomic E-state index is 11.8. The Hall–Kier alpha value is -1.98. The number of ether oxygens (including phenoxy) is 1. The van der Waals surface area contributed by atoms with Crippen LogP contribution < -0.4 is 5.73 Å². The standard InChI is InChI=1S/C12H17N3O3/c1-14-6-3-5-10(14)11(16)18-8-9-4-2-7-15(9)12(13)17/h3,5-6,9H,2,4,7-8H2,1H3,(H2,13,17)/t9-/m1/s1. The third-order valence-corrected chi connectivity index (χ3v) is 3.22. The van der Waals surface area contributed by atoms with Gasteiger partial charge in [-0.15, -0.1) is 0 Å². The van der Waals surface area contributed by atoms with Crippen molar-refractivity contribution in [2.75, 3.05) is 13.2 Å². The number of nitrogens with zero attached hydrogens (tertiary/aromatic N) is 2. The number of aromatic nitrogens is 1. The third kappa shape index (κ3) is 2.47. The molecule has 0 aliphatic carbocycles. The van der Waals surface area contributed by atoms with E-state index in [0.717, 1.165) is 12.8 Å². The number of urea groups is 1. The molecule has 0 bridgehead atoms. The van der Waals surface area contributed by atoms with Crippen molar-refractivity contribution in [3.63, 3.8) is 0 Å². The lowest BCUT2D eigenvalue weighted by molar-refractivity contribution is 0.0411. The molecule has 0 aromatic carbocycles. The number of hydrogen-bond donors (Lipinski definition) is 1. The average molecular weight is 251 g/mol. The summed E-state index contributed by atoms with van der Waals surface area (Å²) in [6.07, 6.45) is 3.50. The van der Waals surface area contributed by atoms with E-state index in [2.05, 4.69) is 0 Å². The average Bonchev–Trinajstić information content (AvgIpc) is 2.94. The van der Waals surface area contributed by atoms with Crippen molar-refractivity contribution in [1.82, 2.24) is 9.47 Å². The Kier molecular flexibility index (Phi) is 3.55. The molecule has 2 rings (SSSR count). The molecule has 1 saturated heterocycles. The zero-order valence-corrected chi connectivity index (χ0v) is 10.3. The highest BCUT2D eigenvalue weighted by Crippen LogP contribution is 2.17. The molecule has 2 amide bonds. The predicted molar refractivity (Wildman–Crippen MR) is 65.0 cm³/mol. The van der Waals surface area contributed by atoms with Crippen molar-refractivity contribution in [3.8, 4) is 0 Å². The van der Waals surface area contributed by atoms with Gasteiger partial charge in [0.05, 0.1) is 6.04 Å². The van der Waals surface area contributed by atoms with Gasteiger partial charge in [-0.1, -0.05) is 0 Å². The van der Waals surface area contributed by atoms with Gasteiger partial charge in [0, 0.05) is 19.8 Å². The van der Waals surface area contributed by atoms with Crippen LogP contribution in [0.5, 0.6) is 0 Å². The lowest BCUT2D eigenvalue weighted by Gasteiger charge is -2.22. The van der Waals surface area contributed by atoms with Crippen molar-refractivity contribution >= 4 is 12.0 Å². The highest BCUT2D eigenvalue weighted by molar-refractivity contribution is 5.87. The van der Waals surface area contributed by atoms with Crippen molar-refractivity contribution < 1.29 is 14.3 Å². The van der Waals surface area contributed by atoms with Crippen molar-refractivity contribution in [1.29, 1.82) is 0 Å². The molecule has 1 atom stereocenters. The first-order valence-corrected chi connectivity index (χ1v) is 5.94. The highest BCUT2D eigenvalue weighted by Gasteiger charge is 2.28.